The van der Waals surface area contributed by atoms with Crippen LogP contribution in [0.5, 0.6) is 0 Å². The first-order valence-corrected chi connectivity index (χ1v) is 16.5. The third-order valence-electron chi connectivity index (χ3n) is 9.17. The van der Waals surface area contributed by atoms with Gasteiger partial charge < -0.3 is 29.7 Å². The minimum Gasteiger partial charge on any atom is -0.460 e. The van der Waals surface area contributed by atoms with Crippen molar-refractivity contribution < 1.29 is 33.8 Å². The van der Waals surface area contributed by atoms with Crippen LogP contribution in [0, 0.1) is 11.8 Å². The summed E-state index contributed by atoms with van der Waals surface area (Å²) in [5.74, 6) is -3.66. The summed E-state index contributed by atoms with van der Waals surface area (Å²) in [5, 5.41) is 21.6. The summed E-state index contributed by atoms with van der Waals surface area (Å²) in [7, 11) is 0. The molecule has 0 aliphatic carbocycles. The molecule has 46 heavy (non-hydrogen) atoms. The Kier molecular flexibility index (Phi) is 10.3. The van der Waals surface area contributed by atoms with E-state index in [0.29, 0.717) is 24.8 Å². The molecular formula is C32H41BrN6O7. The van der Waals surface area contributed by atoms with Crippen molar-refractivity contribution in [3.8, 4) is 0 Å². The molecule has 2 bridgehead atoms. The summed E-state index contributed by atoms with van der Waals surface area (Å²) in [4.78, 5) is 57.5. The Balaban J connectivity index is 1.44. The highest BCUT2D eigenvalue weighted by molar-refractivity contribution is 9.09. The van der Waals surface area contributed by atoms with Gasteiger partial charge in [-0.1, -0.05) is 52.4 Å². The van der Waals surface area contributed by atoms with Gasteiger partial charge in [-0.3, -0.25) is 19.2 Å². The average molecular weight is 702 g/mol. The number of rotatable bonds is 15. The van der Waals surface area contributed by atoms with Gasteiger partial charge in [0.2, 0.25) is 17.7 Å². The quantitative estimate of drug-likeness (QED) is 0.161. The van der Waals surface area contributed by atoms with Gasteiger partial charge in [0, 0.05) is 17.8 Å². The van der Waals surface area contributed by atoms with Crippen molar-refractivity contribution in [2.45, 2.75) is 80.9 Å². The number of carbonyl (C=O) groups is 4. The lowest BCUT2D eigenvalue weighted by molar-refractivity contribution is -0.160. The Morgan fingerprint density at radius 1 is 1.30 bits per heavy atom. The zero-order valence-corrected chi connectivity index (χ0v) is 27.7. The Morgan fingerprint density at radius 3 is 2.76 bits per heavy atom. The summed E-state index contributed by atoms with van der Waals surface area (Å²) in [6.45, 7) is 10.8. The molecule has 2 N–H and O–H groups in total. The largest absolute Gasteiger partial charge is 0.460 e. The van der Waals surface area contributed by atoms with Gasteiger partial charge in [0.15, 0.2) is 0 Å². The third-order valence-corrected chi connectivity index (χ3v) is 10.0. The molecule has 3 amide bonds. The van der Waals surface area contributed by atoms with Crippen molar-refractivity contribution in [1.82, 2.24) is 30.1 Å². The smallest absolute Gasteiger partial charge is 0.312 e. The van der Waals surface area contributed by atoms with Gasteiger partial charge >= 0.3 is 5.97 Å². The van der Waals surface area contributed by atoms with Gasteiger partial charge in [0.05, 0.1) is 42.6 Å². The number of para-hydroxylation sites is 1. The Labute approximate surface area is 276 Å². The first-order chi connectivity index (χ1) is 22.1. The molecule has 14 heteroatoms. The third kappa shape index (κ3) is 5.97. The highest BCUT2D eigenvalue weighted by atomic mass is 79.9. The number of allylic oxidation sites excluding steroid dienone is 1. The zero-order valence-electron chi connectivity index (χ0n) is 26.1. The summed E-state index contributed by atoms with van der Waals surface area (Å²) in [5.41, 5.74) is 0.0579. The molecular weight excluding hydrogens is 660 g/mol. The average Bonchev–Trinajstić information content (AvgIpc) is 3.76. The minimum atomic E-state index is -1.34. The van der Waals surface area contributed by atoms with Crippen LogP contribution in [0.4, 0.5) is 0 Å². The number of hydrogen-bond donors (Lipinski definition) is 2. The molecule has 1 spiro atoms. The fourth-order valence-corrected chi connectivity index (χ4v) is 7.99. The van der Waals surface area contributed by atoms with Crippen LogP contribution in [0.15, 0.2) is 49.6 Å². The van der Waals surface area contributed by atoms with E-state index in [9.17, 15) is 24.3 Å². The van der Waals surface area contributed by atoms with E-state index in [0.717, 1.165) is 5.52 Å². The van der Waals surface area contributed by atoms with E-state index in [1.54, 1.807) is 23.8 Å². The predicted octanol–water partition coefficient (Wildman–Crippen LogP) is 1.94. The summed E-state index contributed by atoms with van der Waals surface area (Å²) >= 11 is 3.67. The van der Waals surface area contributed by atoms with Crippen LogP contribution >= 0.6 is 15.9 Å². The second-order valence-electron chi connectivity index (χ2n) is 12.1. The van der Waals surface area contributed by atoms with Crippen LogP contribution in [-0.2, 0) is 35.3 Å². The van der Waals surface area contributed by atoms with E-state index in [1.807, 2.05) is 31.2 Å². The van der Waals surface area contributed by atoms with E-state index < -0.39 is 59.5 Å². The van der Waals surface area contributed by atoms with Crippen molar-refractivity contribution in [3.63, 3.8) is 0 Å². The number of nitrogens with one attached hydrogen (secondary N) is 1. The van der Waals surface area contributed by atoms with Gasteiger partial charge in [-0.2, -0.15) is 0 Å². The zero-order chi connectivity index (χ0) is 33.2. The molecule has 5 rings (SSSR count). The lowest BCUT2D eigenvalue weighted by Crippen LogP contribution is -2.59. The summed E-state index contributed by atoms with van der Waals surface area (Å²) in [6, 6.07) is 5.57. The Morgan fingerprint density at radius 2 is 2.07 bits per heavy atom. The first-order valence-electron chi connectivity index (χ1n) is 15.6. The molecule has 3 saturated heterocycles. The van der Waals surface area contributed by atoms with Crippen molar-refractivity contribution in [1.29, 1.82) is 0 Å². The Bertz CT molecular complexity index is 1500. The lowest BCUT2D eigenvalue weighted by Gasteiger charge is -2.39. The molecule has 2 aromatic rings. The van der Waals surface area contributed by atoms with Gasteiger partial charge in [-0.05, 0) is 38.3 Å². The van der Waals surface area contributed by atoms with E-state index in [1.165, 1.54) is 9.80 Å². The number of aromatic nitrogens is 3. The van der Waals surface area contributed by atoms with E-state index in [2.05, 4.69) is 44.7 Å². The van der Waals surface area contributed by atoms with Gasteiger partial charge in [-0.25, -0.2) is 4.68 Å². The number of nitrogens with zero attached hydrogens (tertiary/aromatic N) is 5. The maximum Gasteiger partial charge on any atom is 0.312 e. The van der Waals surface area contributed by atoms with Crippen LogP contribution in [0.1, 0.15) is 39.5 Å². The van der Waals surface area contributed by atoms with E-state index in [4.69, 9.17) is 9.47 Å². The SMILES string of the molecule is C=CCCC(=O)NC[C@@H](C)OC(=O)[C@@H]1[C@H]2O[C@@]3(CC2Br)[C@H](C(=O)N(CC=C)Cn2nnc4ccccc42)N([C@@H](CC)CO)C(=O)[C@@H]13. The van der Waals surface area contributed by atoms with Crippen LogP contribution in [0.2, 0.25) is 0 Å². The number of fused-ring (bicyclic) bond motifs is 2. The second-order valence-corrected chi connectivity index (χ2v) is 13.3. The van der Waals surface area contributed by atoms with Crippen LogP contribution in [0.3, 0.4) is 0 Å². The van der Waals surface area contributed by atoms with Crippen molar-refractivity contribution in [2.75, 3.05) is 19.7 Å². The fourth-order valence-electron chi connectivity index (χ4n) is 7.05. The number of ether oxygens (including phenoxy) is 2. The number of likely N-dealkylation sites (tertiary alicyclic amines) is 1. The van der Waals surface area contributed by atoms with Crippen molar-refractivity contribution >= 4 is 50.7 Å². The van der Waals surface area contributed by atoms with Crippen LogP contribution < -0.4 is 5.32 Å². The summed E-state index contributed by atoms with van der Waals surface area (Å²) in [6.07, 6.45) is 3.34. The van der Waals surface area contributed by atoms with Crippen LogP contribution in [0.25, 0.3) is 11.0 Å². The number of halogens is 1. The molecule has 1 aromatic heterocycles. The topological polar surface area (TPSA) is 156 Å². The Hall–Kier alpha value is -3.62. The maximum atomic E-state index is 14.7. The van der Waals surface area contributed by atoms with Crippen molar-refractivity contribution in [2.24, 2.45) is 11.8 Å². The number of hydrogen-bond acceptors (Lipinski definition) is 9. The maximum absolute atomic E-state index is 14.7. The molecule has 248 valence electrons. The molecule has 0 radical (unpaired) electrons. The number of alkyl halides is 1. The standard InChI is InChI=1S/C32H41BrN6O7/c1-5-8-13-24(41)34-16-19(4)45-31(44)25-26-29(42)39(20(7-3)17-40)28(32(26)15-21(33)27(25)46-32)30(43)37(14-6-2)18-38-23-12-10-9-11-22(23)35-36-38/h5-6,9-12,19-21,25-28,40H,1-2,7-8,13-18H2,3-4H3,(H,34,41)/t19-,20+,21?,25+,26-,27+,28+,32-/m1/s1. The number of esters is 1. The molecule has 13 nitrogen and oxygen atoms in total. The number of amides is 3. The molecule has 1 unspecified atom stereocenters. The van der Waals surface area contributed by atoms with Crippen molar-refractivity contribution in [3.05, 3.63) is 49.6 Å². The monoisotopic (exact) mass is 700 g/mol. The molecule has 4 heterocycles. The van der Waals surface area contributed by atoms with Gasteiger partial charge in [0.25, 0.3) is 0 Å². The summed E-state index contributed by atoms with van der Waals surface area (Å²) < 4.78 is 14.0. The van der Waals surface area contributed by atoms with Gasteiger partial charge in [0.1, 0.15) is 29.9 Å². The lowest BCUT2D eigenvalue weighted by atomic mass is 9.70. The molecule has 0 saturated carbocycles. The first kappa shape index (κ1) is 33.7. The fraction of sp³-hybridized carbons (Fsp3) is 0.562. The van der Waals surface area contributed by atoms with Gasteiger partial charge in [-0.15, -0.1) is 18.3 Å². The number of benzene rings is 1. The van der Waals surface area contributed by atoms with E-state index >= 15 is 0 Å². The highest BCUT2D eigenvalue weighted by Crippen LogP contribution is 2.60. The predicted molar refractivity (Wildman–Crippen MR) is 171 cm³/mol. The van der Waals surface area contributed by atoms with Crippen LogP contribution in [-0.4, -0.2) is 108 Å². The van der Waals surface area contributed by atoms with E-state index in [-0.39, 0.29) is 43.5 Å². The normalized spacial score (nSPS) is 27.7. The molecule has 8 atom stereocenters. The molecule has 3 fully saturated rings. The number of carbonyl (C=O) groups excluding carboxylic acids is 4. The highest BCUT2D eigenvalue weighted by Gasteiger charge is 2.77. The second kappa shape index (κ2) is 14.0. The number of aliphatic hydroxyl groups excluding tert-OH is 1. The number of aliphatic hydroxyl groups is 1. The molecule has 3 aliphatic heterocycles. The molecule has 3 aliphatic rings. The minimum absolute atomic E-state index is 0.0310. The molecule has 1 aromatic carbocycles.